The summed E-state index contributed by atoms with van der Waals surface area (Å²) in [5.74, 6) is 0.189. The van der Waals surface area contributed by atoms with Crippen LogP contribution in [0.15, 0.2) is 48.5 Å². The van der Waals surface area contributed by atoms with Crippen LogP contribution >= 0.6 is 0 Å². The van der Waals surface area contributed by atoms with Gasteiger partial charge in [-0.1, -0.05) is 30.3 Å². The fourth-order valence-corrected chi connectivity index (χ4v) is 4.39. The number of hydrogen-bond acceptors (Lipinski definition) is 5. The van der Waals surface area contributed by atoms with Crippen molar-refractivity contribution in [3.05, 3.63) is 59.7 Å². The Morgan fingerprint density at radius 1 is 1.19 bits per heavy atom. The number of morpholine rings is 1. The van der Waals surface area contributed by atoms with Crippen molar-refractivity contribution >= 4 is 17.5 Å². The third-order valence-corrected chi connectivity index (χ3v) is 6.11. The van der Waals surface area contributed by atoms with Gasteiger partial charge in [0.05, 0.1) is 32.3 Å². The van der Waals surface area contributed by atoms with Gasteiger partial charge in [0.2, 0.25) is 11.8 Å². The van der Waals surface area contributed by atoms with Crippen molar-refractivity contribution < 1.29 is 19.1 Å². The van der Waals surface area contributed by atoms with Gasteiger partial charge in [-0.3, -0.25) is 14.5 Å². The third kappa shape index (κ3) is 4.73. The number of nitrogens with one attached hydrogen (secondary N) is 1. The number of methoxy groups -OCH3 is 1. The number of likely N-dealkylation sites (N-methyl/N-ethyl adjacent to an activating group) is 1. The highest BCUT2D eigenvalue weighted by Gasteiger charge is 2.34. The first-order valence-electron chi connectivity index (χ1n) is 10.7. The minimum Gasteiger partial charge on any atom is -0.497 e. The molecule has 1 N–H and O–H groups in total. The number of fused-ring (bicyclic) bond motifs is 1. The van der Waals surface area contributed by atoms with Crippen molar-refractivity contribution in [1.29, 1.82) is 0 Å². The average molecular weight is 424 g/mol. The quantitative estimate of drug-likeness (QED) is 0.774. The van der Waals surface area contributed by atoms with Gasteiger partial charge in [-0.15, -0.1) is 0 Å². The van der Waals surface area contributed by atoms with E-state index in [-0.39, 0.29) is 24.3 Å². The molecular formula is C24H29N3O4. The smallest absolute Gasteiger partial charge is 0.230 e. The van der Waals surface area contributed by atoms with Crippen LogP contribution in [-0.2, 0) is 14.3 Å². The molecule has 164 valence electrons. The second-order valence-corrected chi connectivity index (χ2v) is 8.05. The van der Waals surface area contributed by atoms with Crippen molar-refractivity contribution in [3.63, 3.8) is 0 Å². The van der Waals surface area contributed by atoms with Crippen molar-refractivity contribution in [2.24, 2.45) is 0 Å². The number of para-hydroxylation sites is 1. The molecule has 0 spiro atoms. The highest BCUT2D eigenvalue weighted by molar-refractivity contribution is 6.01. The standard InChI is InChI=1S/C24H29N3O4/c1-26(24(29)20-15-23(28)25-21-6-4-3-5-19(20)21)16-22(27-11-13-31-14-12-27)17-7-9-18(30-2)10-8-17/h3-10,20,22H,11-16H2,1-2H3,(H,25,28)/t20-,22+/m1/s1. The number of nitrogens with zero attached hydrogens (tertiary/aromatic N) is 2. The maximum atomic E-state index is 13.4. The minimum atomic E-state index is -0.462. The van der Waals surface area contributed by atoms with Gasteiger partial charge >= 0.3 is 0 Å². The molecule has 2 aliphatic heterocycles. The largest absolute Gasteiger partial charge is 0.497 e. The van der Waals surface area contributed by atoms with E-state index in [4.69, 9.17) is 9.47 Å². The van der Waals surface area contributed by atoms with Gasteiger partial charge in [0.1, 0.15) is 5.75 Å². The molecule has 2 aromatic rings. The predicted molar refractivity (Wildman–Crippen MR) is 118 cm³/mol. The van der Waals surface area contributed by atoms with Crippen molar-refractivity contribution in [2.75, 3.05) is 52.3 Å². The van der Waals surface area contributed by atoms with E-state index in [0.29, 0.717) is 19.8 Å². The van der Waals surface area contributed by atoms with Crippen LogP contribution in [0.1, 0.15) is 29.5 Å². The lowest BCUT2D eigenvalue weighted by molar-refractivity contribution is -0.134. The number of anilines is 1. The number of ether oxygens (including phenoxy) is 2. The van der Waals surface area contributed by atoms with E-state index in [9.17, 15) is 9.59 Å². The van der Waals surface area contributed by atoms with E-state index >= 15 is 0 Å². The minimum absolute atomic E-state index is 0.0333. The maximum Gasteiger partial charge on any atom is 0.230 e. The Bertz CT molecular complexity index is 925. The van der Waals surface area contributed by atoms with E-state index in [0.717, 1.165) is 35.7 Å². The fourth-order valence-electron chi connectivity index (χ4n) is 4.39. The Kier molecular flexibility index (Phi) is 6.53. The van der Waals surface area contributed by atoms with Crippen LogP contribution in [0.2, 0.25) is 0 Å². The molecular weight excluding hydrogens is 394 g/mol. The first-order chi connectivity index (χ1) is 15.1. The molecule has 1 fully saturated rings. The third-order valence-electron chi connectivity index (χ3n) is 6.11. The van der Waals surface area contributed by atoms with E-state index in [1.807, 2.05) is 43.4 Å². The molecule has 0 aliphatic carbocycles. The number of hydrogen-bond donors (Lipinski definition) is 1. The van der Waals surface area contributed by atoms with Gasteiger partial charge < -0.3 is 19.7 Å². The van der Waals surface area contributed by atoms with E-state index in [1.165, 1.54) is 0 Å². The lowest BCUT2D eigenvalue weighted by atomic mass is 9.89. The van der Waals surface area contributed by atoms with E-state index in [1.54, 1.807) is 12.0 Å². The second kappa shape index (κ2) is 9.49. The molecule has 7 heteroatoms. The maximum absolute atomic E-state index is 13.4. The molecule has 2 atom stereocenters. The zero-order valence-corrected chi connectivity index (χ0v) is 18.0. The fraction of sp³-hybridized carbons (Fsp3) is 0.417. The molecule has 0 unspecified atom stereocenters. The van der Waals surface area contributed by atoms with E-state index in [2.05, 4.69) is 22.3 Å². The monoisotopic (exact) mass is 423 g/mol. The van der Waals surface area contributed by atoms with Gasteiger partial charge in [-0.2, -0.15) is 0 Å². The van der Waals surface area contributed by atoms with Crippen LogP contribution in [0.5, 0.6) is 5.75 Å². The molecule has 0 radical (unpaired) electrons. The topological polar surface area (TPSA) is 71.1 Å². The van der Waals surface area contributed by atoms with Gasteiger partial charge in [0.15, 0.2) is 0 Å². The van der Waals surface area contributed by atoms with Crippen LogP contribution < -0.4 is 10.1 Å². The molecule has 2 heterocycles. The molecule has 0 saturated carbocycles. The zero-order chi connectivity index (χ0) is 21.8. The summed E-state index contributed by atoms with van der Waals surface area (Å²) in [6, 6.07) is 15.6. The summed E-state index contributed by atoms with van der Waals surface area (Å²) in [5.41, 5.74) is 2.74. The Morgan fingerprint density at radius 2 is 1.90 bits per heavy atom. The van der Waals surface area contributed by atoms with Crippen LogP contribution in [-0.4, -0.2) is 68.6 Å². The summed E-state index contributed by atoms with van der Waals surface area (Å²) >= 11 is 0. The summed E-state index contributed by atoms with van der Waals surface area (Å²) in [6.45, 7) is 3.52. The highest BCUT2D eigenvalue weighted by atomic mass is 16.5. The summed E-state index contributed by atoms with van der Waals surface area (Å²) < 4.78 is 10.8. The Hall–Kier alpha value is -2.90. The van der Waals surface area contributed by atoms with Crippen molar-refractivity contribution in [1.82, 2.24) is 9.80 Å². The van der Waals surface area contributed by atoms with Gasteiger partial charge in [-0.05, 0) is 29.3 Å². The van der Waals surface area contributed by atoms with Crippen LogP contribution in [0.25, 0.3) is 0 Å². The molecule has 4 rings (SSSR count). The summed E-state index contributed by atoms with van der Waals surface area (Å²) in [4.78, 5) is 29.8. The zero-order valence-electron chi connectivity index (χ0n) is 18.0. The van der Waals surface area contributed by atoms with Gasteiger partial charge in [0.25, 0.3) is 0 Å². The molecule has 31 heavy (non-hydrogen) atoms. The Labute approximate surface area is 182 Å². The lowest BCUT2D eigenvalue weighted by Gasteiger charge is -2.38. The number of rotatable bonds is 6. The van der Waals surface area contributed by atoms with Crippen LogP contribution in [0.3, 0.4) is 0 Å². The van der Waals surface area contributed by atoms with Crippen molar-refractivity contribution in [2.45, 2.75) is 18.4 Å². The molecule has 2 aromatic carbocycles. The molecule has 0 bridgehead atoms. The second-order valence-electron chi connectivity index (χ2n) is 8.05. The first-order valence-corrected chi connectivity index (χ1v) is 10.7. The molecule has 7 nitrogen and oxygen atoms in total. The summed E-state index contributed by atoms with van der Waals surface area (Å²) in [5, 5.41) is 2.87. The number of benzene rings is 2. The number of amides is 2. The van der Waals surface area contributed by atoms with Crippen LogP contribution in [0.4, 0.5) is 5.69 Å². The summed E-state index contributed by atoms with van der Waals surface area (Å²) in [6.07, 6.45) is 0.172. The molecule has 1 saturated heterocycles. The Morgan fingerprint density at radius 3 is 2.61 bits per heavy atom. The normalized spacial score (nSPS) is 19.8. The lowest BCUT2D eigenvalue weighted by Crippen LogP contribution is -2.45. The molecule has 2 amide bonds. The van der Waals surface area contributed by atoms with Gasteiger partial charge in [0, 0.05) is 38.8 Å². The average Bonchev–Trinajstić information content (AvgIpc) is 2.82. The first kappa shape index (κ1) is 21.3. The van der Waals surface area contributed by atoms with Crippen LogP contribution in [0, 0.1) is 0 Å². The van der Waals surface area contributed by atoms with Crippen molar-refractivity contribution in [3.8, 4) is 5.75 Å². The highest BCUT2D eigenvalue weighted by Crippen LogP contribution is 2.34. The Balaban J connectivity index is 1.56. The predicted octanol–water partition coefficient (Wildman–Crippen LogP) is 2.65. The molecule has 2 aliphatic rings. The number of carbonyl (C=O) groups excluding carboxylic acids is 2. The van der Waals surface area contributed by atoms with E-state index < -0.39 is 5.92 Å². The SMILES string of the molecule is COc1ccc([C@H](CN(C)C(=O)[C@@H]2CC(=O)Nc3ccccc32)N2CCOCC2)cc1. The molecule has 0 aromatic heterocycles. The summed E-state index contributed by atoms with van der Waals surface area (Å²) in [7, 11) is 3.48. The number of carbonyl (C=O) groups is 2. The van der Waals surface area contributed by atoms with Gasteiger partial charge in [-0.25, -0.2) is 0 Å².